The van der Waals surface area contributed by atoms with E-state index in [-0.39, 0.29) is 12.4 Å². The summed E-state index contributed by atoms with van der Waals surface area (Å²) in [5, 5.41) is 11.6. The normalized spacial score (nSPS) is 29.9. The number of nitrogens with zero attached hydrogens (tertiary/aromatic N) is 2. The molecule has 1 aromatic rings. The number of ether oxygens (including phenoxy) is 1. The summed E-state index contributed by atoms with van der Waals surface area (Å²) in [5.74, 6) is 0.672. The van der Waals surface area contributed by atoms with Crippen LogP contribution in [0, 0.1) is 5.92 Å². The third kappa shape index (κ3) is 3.45. The molecule has 1 saturated heterocycles. The number of hydrogen-bond donors (Lipinski definition) is 2. The zero-order valence-corrected chi connectivity index (χ0v) is 12.9. The van der Waals surface area contributed by atoms with Crippen LogP contribution in [0.25, 0.3) is 0 Å². The average Bonchev–Trinajstić information content (AvgIpc) is 3.09. The standard InChI is InChI=1S/C14H24N4O.ClH/c1-2-18-9-11(8-16-18)17-13-5-3-4-12(13)14-10-19-7-6-15-14;/h8-9,12-15,17H,2-7,10H2,1H3;1H. The summed E-state index contributed by atoms with van der Waals surface area (Å²) in [6, 6.07) is 1.06. The smallest absolute Gasteiger partial charge is 0.0728 e. The van der Waals surface area contributed by atoms with Crippen molar-refractivity contribution in [3.63, 3.8) is 0 Å². The van der Waals surface area contributed by atoms with Crippen molar-refractivity contribution in [1.82, 2.24) is 15.1 Å². The molecule has 0 aromatic carbocycles. The third-order valence-electron chi connectivity index (χ3n) is 4.35. The molecule has 114 valence electrons. The predicted octanol–water partition coefficient (Wildman–Crippen LogP) is 1.89. The van der Waals surface area contributed by atoms with Gasteiger partial charge >= 0.3 is 0 Å². The molecule has 3 atom stereocenters. The topological polar surface area (TPSA) is 51.1 Å². The molecule has 6 heteroatoms. The number of nitrogens with one attached hydrogen (secondary N) is 2. The van der Waals surface area contributed by atoms with Crippen molar-refractivity contribution in [2.24, 2.45) is 5.92 Å². The summed E-state index contributed by atoms with van der Waals surface area (Å²) in [4.78, 5) is 0. The van der Waals surface area contributed by atoms with Gasteiger partial charge < -0.3 is 15.4 Å². The molecule has 3 rings (SSSR count). The molecule has 0 bridgehead atoms. The molecule has 5 nitrogen and oxygen atoms in total. The zero-order valence-electron chi connectivity index (χ0n) is 12.0. The number of hydrogen-bond acceptors (Lipinski definition) is 4. The van der Waals surface area contributed by atoms with E-state index in [2.05, 4.69) is 28.9 Å². The highest BCUT2D eigenvalue weighted by atomic mass is 35.5. The number of aryl methyl sites for hydroxylation is 1. The van der Waals surface area contributed by atoms with Gasteiger partial charge in [-0.2, -0.15) is 5.10 Å². The Balaban J connectivity index is 0.00000147. The van der Waals surface area contributed by atoms with Gasteiger partial charge in [0.1, 0.15) is 0 Å². The SMILES string of the molecule is CCn1cc(NC2CCCC2C2COCCN2)cn1.Cl. The monoisotopic (exact) mass is 300 g/mol. The fourth-order valence-corrected chi connectivity index (χ4v) is 3.34. The zero-order chi connectivity index (χ0) is 13.1. The van der Waals surface area contributed by atoms with Gasteiger partial charge in [-0.3, -0.25) is 4.68 Å². The fraction of sp³-hybridized carbons (Fsp3) is 0.786. The van der Waals surface area contributed by atoms with Crippen molar-refractivity contribution in [1.29, 1.82) is 0 Å². The van der Waals surface area contributed by atoms with Crippen molar-refractivity contribution in [2.45, 2.75) is 44.8 Å². The number of halogens is 1. The van der Waals surface area contributed by atoms with Crippen LogP contribution in [0.4, 0.5) is 5.69 Å². The van der Waals surface area contributed by atoms with E-state index in [9.17, 15) is 0 Å². The van der Waals surface area contributed by atoms with Gasteiger partial charge in [-0.1, -0.05) is 6.42 Å². The highest BCUT2D eigenvalue weighted by Crippen LogP contribution is 2.31. The minimum Gasteiger partial charge on any atom is -0.379 e. The van der Waals surface area contributed by atoms with Crippen LogP contribution in [0.15, 0.2) is 12.4 Å². The number of aromatic nitrogens is 2. The van der Waals surface area contributed by atoms with Crippen LogP contribution in [0.1, 0.15) is 26.2 Å². The first-order chi connectivity index (χ1) is 9.36. The first-order valence-corrected chi connectivity index (χ1v) is 7.47. The van der Waals surface area contributed by atoms with Crippen LogP contribution in [-0.2, 0) is 11.3 Å². The lowest BCUT2D eigenvalue weighted by molar-refractivity contribution is 0.0559. The molecule has 2 aliphatic rings. The second-order valence-electron chi connectivity index (χ2n) is 5.57. The lowest BCUT2D eigenvalue weighted by Gasteiger charge is -2.33. The number of anilines is 1. The van der Waals surface area contributed by atoms with Crippen molar-refractivity contribution < 1.29 is 4.74 Å². The number of morpholine rings is 1. The Labute approximate surface area is 126 Å². The van der Waals surface area contributed by atoms with Gasteiger partial charge in [-0.15, -0.1) is 12.4 Å². The van der Waals surface area contributed by atoms with E-state index < -0.39 is 0 Å². The summed E-state index contributed by atoms with van der Waals surface area (Å²) in [7, 11) is 0. The Morgan fingerprint density at radius 2 is 2.40 bits per heavy atom. The van der Waals surface area contributed by atoms with Crippen LogP contribution >= 0.6 is 12.4 Å². The lowest BCUT2D eigenvalue weighted by Crippen LogP contribution is -2.49. The Bertz CT molecular complexity index is 406. The van der Waals surface area contributed by atoms with Crippen molar-refractivity contribution >= 4 is 18.1 Å². The summed E-state index contributed by atoms with van der Waals surface area (Å²) < 4.78 is 7.57. The first-order valence-electron chi connectivity index (χ1n) is 7.47. The maximum atomic E-state index is 5.61. The van der Waals surface area contributed by atoms with Gasteiger partial charge in [0.2, 0.25) is 0 Å². The van der Waals surface area contributed by atoms with Crippen molar-refractivity contribution in [2.75, 3.05) is 25.1 Å². The summed E-state index contributed by atoms with van der Waals surface area (Å²) in [6.45, 7) is 5.73. The van der Waals surface area contributed by atoms with Crippen molar-refractivity contribution in [3.8, 4) is 0 Å². The van der Waals surface area contributed by atoms with Gasteiger partial charge in [-0.05, 0) is 25.7 Å². The highest BCUT2D eigenvalue weighted by molar-refractivity contribution is 5.85. The largest absolute Gasteiger partial charge is 0.379 e. The molecule has 2 heterocycles. The molecular formula is C14H25ClN4O. The maximum absolute atomic E-state index is 5.61. The molecule has 1 aliphatic heterocycles. The van der Waals surface area contributed by atoms with Crippen molar-refractivity contribution in [3.05, 3.63) is 12.4 Å². The molecule has 1 aliphatic carbocycles. The Kier molecular flexibility index (Phi) is 5.69. The summed E-state index contributed by atoms with van der Waals surface area (Å²) in [6.07, 6.45) is 7.88. The number of rotatable bonds is 4. The quantitative estimate of drug-likeness (QED) is 0.892. The highest BCUT2D eigenvalue weighted by Gasteiger charge is 2.34. The van der Waals surface area contributed by atoms with Crippen LogP contribution in [0.3, 0.4) is 0 Å². The van der Waals surface area contributed by atoms with Crippen LogP contribution in [-0.4, -0.2) is 41.6 Å². The van der Waals surface area contributed by atoms with E-state index >= 15 is 0 Å². The molecule has 2 fully saturated rings. The van der Waals surface area contributed by atoms with Gasteiger partial charge in [0.25, 0.3) is 0 Å². The Morgan fingerprint density at radius 1 is 1.50 bits per heavy atom. The van der Waals surface area contributed by atoms with E-state index in [0.29, 0.717) is 18.0 Å². The van der Waals surface area contributed by atoms with E-state index in [4.69, 9.17) is 4.74 Å². The molecule has 1 aromatic heterocycles. The second kappa shape index (κ2) is 7.29. The van der Waals surface area contributed by atoms with E-state index in [1.807, 2.05) is 10.9 Å². The van der Waals surface area contributed by atoms with E-state index in [1.54, 1.807) is 0 Å². The molecule has 2 N–H and O–H groups in total. The predicted molar refractivity (Wildman–Crippen MR) is 82.5 cm³/mol. The fourth-order valence-electron chi connectivity index (χ4n) is 3.34. The average molecular weight is 301 g/mol. The van der Waals surface area contributed by atoms with Crippen LogP contribution < -0.4 is 10.6 Å². The van der Waals surface area contributed by atoms with Crippen LogP contribution in [0.2, 0.25) is 0 Å². The summed E-state index contributed by atoms with van der Waals surface area (Å²) >= 11 is 0. The van der Waals surface area contributed by atoms with Gasteiger partial charge in [0.15, 0.2) is 0 Å². The molecule has 0 radical (unpaired) electrons. The molecular weight excluding hydrogens is 276 g/mol. The molecule has 0 spiro atoms. The lowest BCUT2D eigenvalue weighted by atomic mass is 9.94. The molecule has 0 amide bonds. The molecule has 1 saturated carbocycles. The van der Waals surface area contributed by atoms with Gasteiger partial charge in [0.05, 0.1) is 25.1 Å². The van der Waals surface area contributed by atoms with E-state index in [1.165, 1.54) is 19.3 Å². The molecule has 3 unspecified atom stereocenters. The van der Waals surface area contributed by atoms with Gasteiger partial charge in [-0.25, -0.2) is 0 Å². The Hall–Kier alpha value is -0.780. The van der Waals surface area contributed by atoms with E-state index in [0.717, 1.165) is 32.0 Å². The summed E-state index contributed by atoms with van der Waals surface area (Å²) in [5.41, 5.74) is 1.15. The molecule has 20 heavy (non-hydrogen) atoms. The maximum Gasteiger partial charge on any atom is 0.0728 e. The van der Waals surface area contributed by atoms with Gasteiger partial charge in [0, 0.05) is 31.4 Å². The first kappa shape index (κ1) is 15.6. The van der Waals surface area contributed by atoms with Crippen LogP contribution in [0.5, 0.6) is 0 Å². The second-order valence-corrected chi connectivity index (χ2v) is 5.57. The third-order valence-corrected chi connectivity index (χ3v) is 4.35. The Morgan fingerprint density at radius 3 is 3.10 bits per heavy atom. The minimum absolute atomic E-state index is 0. The minimum atomic E-state index is 0.